The van der Waals surface area contributed by atoms with E-state index in [4.69, 9.17) is 5.11 Å². The molecule has 0 fully saturated rings. The van der Waals surface area contributed by atoms with Gasteiger partial charge in [-0.1, -0.05) is 12.1 Å². The minimum atomic E-state index is -0.681. The molecule has 0 aliphatic rings. The lowest BCUT2D eigenvalue weighted by Crippen LogP contribution is -2.28. The van der Waals surface area contributed by atoms with Crippen LogP contribution in [0, 0.1) is 0 Å². The second kappa shape index (κ2) is 8.08. The van der Waals surface area contributed by atoms with Gasteiger partial charge in [-0.3, -0.25) is 0 Å². The van der Waals surface area contributed by atoms with Crippen LogP contribution in [0.5, 0.6) is 0 Å². The molecule has 102 valence electrons. The SMILES string of the molecule is CCN(CC)c1ccc(CNCC(O)CO)cc1. The van der Waals surface area contributed by atoms with Crippen LogP contribution in [0.4, 0.5) is 5.69 Å². The second-order valence-corrected chi connectivity index (χ2v) is 4.31. The zero-order valence-corrected chi connectivity index (χ0v) is 11.3. The minimum Gasteiger partial charge on any atom is -0.394 e. The van der Waals surface area contributed by atoms with Crippen molar-refractivity contribution in [3.8, 4) is 0 Å². The maximum Gasteiger partial charge on any atom is 0.0895 e. The fourth-order valence-electron chi connectivity index (χ4n) is 1.86. The van der Waals surface area contributed by atoms with Crippen molar-refractivity contribution < 1.29 is 10.2 Å². The van der Waals surface area contributed by atoms with E-state index in [9.17, 15) is 5.11 Å². The number of hydrogen-bond donors (Lipinski definition) is 3. The summed E-state index contributed by atoms with van der Waals surface area (Å²) in [5.41, 5.74) is 2.41. The number of benzene rings is 1. The lowest BCUT2D eigenvalue weighted by atomic mass is 10.2. The van der Waals surface area contributed by atoms with Crippen LogP contribution in [0.25, 0.3) is 0 Å². The normalized spacial score (nSPS) is 12.4. The fraction of sp³-hybridized carbons (Fsp3) is 0.571. The number of rotatable bonds is 8. The number of hydrogen-bond acceptors (Lipinski definition) is 4. The largest absolute Gasteiger partial charge is 0.394 e. The molecular weight excluding hydrogens is 228 g/mol. The van der Waals surface area contributed by atoms with E-state index < -0.39 is 6.10 Å². The van der Waals surface area contributed by atoms with Gasteiger partial charge in [-0.25, -0.2) is 0 Å². The number of nitrogens with zero attached hydrogens (tertiary/aromatic N) is 1. The van der Waals surface area contributed by atoms with Gasteiger partial charge in [-0.05, 0) is 31.5 Å². The molecule has 4 heteroatoms. The Balaban J connectivity index is 2.45. The molecule has 0 amide bonds. The molecule has 0 saturated heterocycles. The lowest BCUT2D eigenvalue weighted by molar-refractivity contribution is 0.0942. The Kier molecular flexibility index (Phi) is 6.72. The summed E-state index contributed by atoms with van der Waals surface area (Å²) in [5, 5.41) is 21.0. The van der Waals surface area contributed by atoms with Crippen molar-refractivity contribution in [2.24, 2.45) is 0 Å². The Morgan fingerprint density at radius 3 is 2.28 bits per heavy atom. The molecule has 18 heavy (non-hydrogen) atoms. The van der Waals surface area contributed by atoms with E-state index >= 15 is 0 Å². The van der Waals surface area contributed by atoms with Gasteiger partial charge < -0.3 is 20.4 Å². The van der Waals surface area contributed by atoms with Crippen molar-refractivity contribution in [1.29, 1.82) is 0 Å². The number of anilines is 1. The molecule has 0 heterocycles. The minimum absolute atomic E-state index is 0.200. The monoisotopic (exact) mass is 252 g/mol. The molecule has 0 aliphatic heterocycles. The molecule has 3 N–H and O–H groups in total. The Labute approximate surface area is 109 Å². The average Bonchev–Trinajstić information content (AvgIpc) is 2.41. The van der Waals surface area contributed by atoms with Crippen molar-refractivity contribution >= 4 is 5.69 Å². The number of aliphatic hydroxyl groups is 2. The summed E-state index contributed by atoms with van der Waals surface area (Å²) in [6.45, 7) is 7.23. The molecule has 0 bridgehead atoms. The van der Waals surface area contributed by atoms with E-state index in [1.54, 1.807) is 0 Å². The zero-order chi connectivity index (χ0) is 13.4. The van der Waals surface area contributed by atoms with Gasteiger partial charge in [-0.2, -0.15) is 0 Å². The van der Waals surface area contributed by atoms with E-state index in [0.29, 0.717) is 13.1 Å². The van der Waals surface area contributed by atoms with Crippen molar-refractivity contribution in [2.45, 2.75) is 26.5 Å². The highest BCUT2D eigenvalue weighted by molar-refractivity contribution is 5.47. The van der Waals surface area contributed by atoms with E-state index in [0.717, 1.165) is 13.1 Å². The van der Waals surface area contributed by atoms with Gasteiger partial charge in [0, 0.05) is 31.9 Å². The van der Waals surface area contributed by atoms with Crippen molar-refractivity contribution in [2.75, 3.05) is 31.1 Å². The smallest absolute Gasteiger partial charge is 0.0895 e. The van der Waals surface area contributed by atoms with Gasteiger partial charge in [0.05, 0.1) is 12.7 Å². The quantitative estimate of drug-likeness (QED) is 0.645. The number of aliphatic hydroxyl groups excluding tert-OH is 2. The maximum atomic E-state index is 9.20. The highest BCUT2D eigenvalue weighted by Gasteiger charge is 2.03. The highest BCUT2D eigenvalue weighted by Crippen LogP contribution is 2.14. The van der Waals surface area contributed by atoms with Crippen molar-refractivity contribution in [1.82, 2.24) is 5.32 Å². The first-order valence-corrected chi connectivity index (χ1v) is 6.54. The van der Waals surface area contributed by atoms with Crippen LogP contribution in [0.3, 0.4) is 0 Å². The third-order valence-electron chi connectivity index (χ3n) is 2.98. The first kappa shape index (κ1) is 15.0. The predicted molar refractivity (Wildman–Crippen MR) is 74.8 cm³/mol. The first-order chi connectivity index (χ1) is 8.71. The van der Waals surface area contributed by atoms with Crippen LogP contribution in [-0.4, -0.2) is 42.6 Å². The van der Waals surface area contributed by atoms with Crippen LogP contribution in [0.1, 0.15) is 19.4 Å². The zero-order valence-electron chi connectivity index (χ0n) is 11.3. The van der Waals surface area contributed by atoms with Gasteiger partial charge >= 0.3 is 0 Å². The highest BCUT2D eigenvalue weighted by atomic mass is 16.3. The van der Waals surface area contributed by atoms with Crippen molar-refractivity contribution in [3.05, 3.63) is 29.8 Å². The Bertz CT molecular complexity index is 323. The van der Waals surface area contributed by atoms with Crippen LogP contribution >= 0.6 is 0 Å². The Hall–Kier alpha value is -1.10. The Morgan fingerprint density at radius 1 is 1.17 bits per heavy atom. The van der Waals surface area contributed by atoms with Crippen LogP contribution in [-0.2, 0) is 6.54 Å². The number of nitrogens with one attached hydrogen (secondary N) is 1. The molecule has 0 aliphatic carbocycles. The van der Waals surface area contributed by atoms with Gasteiger partial charge in [0.15, 0.2) is 0 Å². The standard InChI is InChI=1S/C14H24N2O2/c1-3-16(4-2)13-7-5-12(6-8-13)9-15-10-14(18)11-17/h5-8,14-15,17-18H,3-4,9-11H2,1-2H3. The van der Waals surface area contributed by atoms with E-state index in [1.165, 1.54) is 11.3 Å². The van der Waals surface area contributed by atoms with Gasteiger partial charge in [-0.15, -0.1) is 0 Å². The predicted octanol–water partition coefficient (Wildman–Crippen LogP) is 0.976. The fourth-order valence-corrected chi connectivity index (χ4v) is 1.86. The van der Waals surface area contributed by atoms with Gasteiger partial charge in [0.1, 0.15) is 0 Å². The molecule has 0 radical (unpaired) electrons. The van der Waals surface area contributed by atoms with E-state index in [2.05, 4.69) is 48.3 Å². The molecule has 0 saturated carbocycles. The molecule has 1 atom stereocenters. The van der Waals surface area contributed by atoms with E-state index in [-0.39, 0.29) is 6.61 Å². The molecule has 1 unspecified atom stereocenters. The third kappa shape index (κ3) is 4.64. The Morgan fingerprint density at radius 2 is 1.78 bits per heavy atom. The molecule has 1 aromatic carbocycles. The molecule has 0 spiro atoms. The van der Waals surface area contributed by atoms with Gasteiger partial charge in [0.2, 0.25) is 0 Å². The maximum absolute atomic E-state index is 9.20. The molecule has 1 aromatic rings. The summed E-state index contributed by atoms with van der Waals surface area (Å²) in [5.74, 6) is 0. The molecule has 4 nitrogen and oxygen atoms in total. The topological polar surface area (TPSA) is 55.7 Å². The summed E-state index contributed by atoms with van der Waals surface area (Å²) in [6.07, 6.45) is -0.681. The molecule has 0 aromatic heterocycles. The third-order valence-corrected chi connectivity index (χ3v) is 2.98. The molecule has 1 rings (SSSR count). The summed E-state index contributed by atoms with van der Waals surface area (Å²) >= 11 is 0. The summed E-state index contributed by atoms with van der Waals surface area (Å²) in [4.78, 5) is 2.30. The van der Waals surface area contributed by atoms with E-state index in [1.807, 2.05) is 0 Å². The second-order valence-electron chi connectivity index (χ2n) is 4.31. The van der Waals surface area contributed by atoms with Crippen LogP contribution < -0.4 is 10.2 Å². The van der Waals surface area contributed by atoms with Gasteiger partial charge in [0.25, 0.3) is 0 Å². The summed E-state index contributed by atoms with van der Waals surface area (Å²) in [6, 6.07) is 8.41. The first-order valence-electron chi connectivity index (χ1n) is 6.54. The van der Waals surface area contributed by atoms with Crippen LogP contribution in [0.15, 0.2) is 24.3 Å². The average molecular weight is 252 g/mol. The summed E-state index contributed by atoms with van der Waals surface area (Å²) in [7, 11) is 0. The lowest BCUT2D eigenvalue weighted by Gasteiger charge is -2.21. The summed E-state index contributed by atoms with van der Waals surface area (Å²) < 4.78 is 0. The molecular formula is C14H24N2O2. The van der Waals surface area contributed by atoms with Crippen molar-refractivity contribution in [3.63, 3.8) is 0 Å². The van der Waals surface area contributed by atoms with Crippen LogP contribution in [0.2, 0.25) is 0 Å².